The highest BCUT2D eigenvalue weighted by Gasteiger charge is 2.37. The number of piperazine rings is 1. The normalized spacial score (nSPS) is 25.9. The van der Waals surface area contributed by atoms with Gasteiger partial charge in [0.25, 0.3) is 0 Å². The third kappa shape index (κ3) is 4.40. The van der Waals surface area contributed by atoms with Crippen molar-refractivity contribution in [3.05, 3.63) is 35.4 Å². The zero-order chi connectivity index (χ0) is 18.7. The molecule has 26 heavy (non-hydrogen) atoms. The molecular formula is C19H25N3O4. The maximum Gasteiger partial charge on any atom is 0.306 e. The summed E-state index contributed by atoms with van der Waals surface area (Å²) in [6, 6.07) is 7.54. The smallest absolute Gasteiger partial charge is 0.306 e. The third-order valence-electron chi connectivity index (χ3n) is 5.14. The Morgan fingerprint density at radius 1 is 1.35 bits per heavy atom. The largest absolute Gasteiger partial charge is 0.481 e. The van der Waals surface area contributed by atoms with Crippen LogP contribution in [0.5, 0.6) is 0 Å². The molecule has 140 valence electrons. The van der Waals surface area contributed by atoms with Gasteiger partial charge in [0.1, 0.15) is 0 Å². The molecule has 0 spiro atoms. The molecule has 1 aliphatic carbocycles. The van der Waals surface area contributed by atoms with Crippen LogP contribution in [0.15, 0.2) is 24.3 Å². The maximum atomic E-state index is 12.3. The van der Waals surface area contributed by atoms with Crippen molar-refractivity contribution in [2.24, 2.45) is 5.92 Å². The van der Waals surface area contributed by atoms with Crippen molar-refractivity contribution in [3.8, 4) is 0 Å². The second-order valence-corrected chi connectivity index (χ2v) is 7.24. The molecule has 0 bridgehead atoms. The van der Waals surface area contributed by atoms with E-state index in [1.807, 2.05) is 30.0 Å². The van der Waals surface area contributed by atoms with Gasteiger partial charge in [-0.25, -0.2) is 0 Å². The Balaban J connectivity index is 1.57. The Hall–Kier alpha value is -2.41. The number of hydrogen-bond donors (Lipinski definition) is 3. The van der Waals surface area contributed by atoms with Gasteiger partial charge in [0.05, 0.1) is 18.4 Å². The molecule has 0 aromatic heterocycles. The third-order valence-corrected chi connectivity index (χ3v) is 5.14. The number of carbonyl (C=O) groups excluding carboxylic acids is 2. The fraction of sp³-hybridized carbons (Fsp3) is 0.526. The first-order valence-corrected chi connectivity index (χ1v) is 9.02. The number of nitrogens with zero attached hydrogens (tertiary/aromatic N) is 1. The molecule has 2 aliphatic rings. The lowest BCUT2D eigenvalue weighted by Gasteiger charge is -2.36. The molecule has 0 radical (unpaired) electrons. The molecule has 3 rings (SSSR count). The van der Waals surface area contributed by atoms with E-state index in [1.54, 1.807) is 0 Å². The number of benzene rings is 1. The second-order valence-electron chi connectivity index (χ2n) is 7.24. The van der Waals surface area contributed by atoms with Gasteiger partial charge in [-0.05, 0) is 25.3 Å². The quantitative estimate of drug-likeness (QED) is 0.693. The summed E-state index contributed by atoms with van der Waals surface area (Å²) in [6.45, 7) is 3.92. The number of amides is 2. The molecule has 1 aromatic rings. The standard InChI is InChI=1S/C19H25N3O4/c1-12-3-2-4-13(7-12)11-22-6-5-20-18(24)16(22)10-17(23)21-15-8-14(9-15)19(25)26/h2-4,7,14-16H,5-6,8-11H2,1H3,(H,20,24)(H,21,23)(H,25,26). The first kappa shape index (κ1) is 18.4. The molecule has 7 nitrogen and oxygen atoms in total. The van der Waals surface area contributed by atoms with Crippen LogP contribution in [0, 0.1) is 12.8 Å². The van der Waals surface area contributed by atoms with Gasteiger partial charge < -0.3 is 15.7 Å². The zero-order valence-electron chi connectivity index (χ0n) is 14.9. The molecule has 3 N–H and O–H groups in total. The lowest BCUT2D eigenvalue weighted by atomic mass is 9.80. The van der Waals surface area contributed by atoms with Gasteiger partial charge in [-0.2, -0.15) is 0 Å². The summed E-state index contributed by atoms with van der Waals surface area (Å²) in [5.41, 5.74) is 2.28. The van der Waals surface area contributed by atoms with Crippen molar-refractivity contribution in [1.29, 1.82) is 0 Å². The number of nitrogens with one attached hydrogen (secondary N) is 2. The van der Waals surface area contributed by atoms with Gasteiger partial charge in [0.2, 0.25) is 11.8 Å². The number of aryl methyl sites for hydroxylation is 1. The summed E-state index contributed by atoms with van der Waals surface area (Å²) in [7, 11) is 0. The van der Waals surface area contributed by atoms with Crippen LogP contribution in [0.2, 0.25) is 0 Å². The van der Waals surface area contributed by atoms with E-state index in [9.17, 15) is 14.4 Å². The number of aliphatic carboxylic acids is 1. The van der Waals surface area contributed by atoms with Gasteiger partial charge >= 0.3 is 5.97 Å². The average molecular weight is 359 g/mol. The lowest BCUT2D eigenvalue weighted by Crippen LogP contribution is -2.57. The molecule has 1 saturated carbocycles. The van der Waals surface area contributed by atoms with E-state index in [4.69, 9.17) is 5.11 Å². The van der Waals surface area contributed by atoms with Crippen LogP contribution in [0.4, 0.5) is 0 Å². The summed E-state index contributed by atoms with van der Waals surface area (Å²) in [5, 5.41) is 14.6. The van der Waals surface area contributed by atoms with E-state index < -0.39 is 12.0 Å². The van der Waals surface area contributed by atoms with Crippen molar-refractivity contribution in [1.82, 2.24) is 15.5 Å². The summed E-state index contributed by atoms with van der Waals surface area (Å²) in [4.78, 5) is 37.5. The summed E-state index contributed by atoms with van der Waals surface area (Å²) < 4.78 is 0. The summed E-state index contributed by atoms with van der Waals surface area (Å²) in [5.74, 6) is -1.51. The van der Waals surface area contributed by atoms with Crippen molar-refractivity contribution in [2.45, 2.75) is 44.8 Å². The van der Waals surface area contributed by atoms with E-state index in [1.165, 1.54) is 0 Å². The van der Waals surface area contributed by atoms with E-state index in [-0.39, 0.29) is 30.2 Å². The van der Waals surface area contributed by atoms with Crippen LogP contribution in [0.25, 0.3) is 0 Å². The number of rotatable bonds is 6. The molecular weight excluding hydrogens is 334 g/mol. The highest BCUT2D eigenvalue weighted by molar-refractivity contribution is 5.89. The predicted molar refractivity (Wildman–Crippen MR) is 95.3 cm³/mol. The van der Waals surface area contributed by atoms with Crippen LogP contribution in [-0.2, 0) is 20.9 Å². The summed E-state index contributed by atoms with van der Waals surface area (Å²) in [6.07, 6.45) is 1.02. The minimum absolute atomic E-state index is 0.0892. The Bertz CT molecular complexity index is 700. The van der Waals surface area contributed by atoms with Gasteiger partial charge in [0.15, 0.2) is 0 Å². The fourth-order valence-corrected chi connectivity index (χ4v) is 3.62. The van der Waals surface area contributed by atoms with Crippen LogP contribution in [0.1, 0.15) is 30.4 Å². The topological polar surface area (TPSA) is 98.7 Å². The SMILES string of the molecule is Cc1cccc(CN2CCNC(=O)C2CC(=O)NC2CC(C(=O)O)C2)c1. The van der Waals surface area contributed by atoms with Crippen molar-refractivity contribution < 1.29 is 19.5 Å². The van der Waals surface area contributed by atoms with Gasteiger partial charge in [0, 0.05) is 25.7 Å². The monoisotopic (exact) mass is 359 g/mol. The van der Waals surface area contributed by atoms with Gasteiger partial charge in [-0.3, -0.25) is 19.3 Å². The second kappa shape index (κ2) is 7.86. The van der Waals surface area contributed by atoms with Crippen LogP contribution >= 0.6 is 0 Å². The molecule has 1 aliphatic heterocycles. The van der Waals surface area contributed by atoms with Crippen LogP contribution in [-0.4, -0.2) is 53.0 Å². The minimum atomic E-state index is -0.813. The maximum absolute atomic E-state index is 12.3. The Labute approximate surface area is 152 Å². The lowest BCUT2D eigenvalue weighted by molar-refractivity contribution is -0.146. The Kier molecular flexibility index (Phi) is 5.56. The number of hydrogen-bond acceptors (Lipinski definition) is 4. The van der Waals surface area contributed by atoms with Gasteiger partial charge in [-0.15, -0.1) is 0 Å². The van der Waals surface area contributed by atoms with Crippen molar-refractivity contribution in [2.75, 3.05) is 13.1 Å². The molecule has 1 saturated heterocycles. The molecule has 2 amide bonds. The van der Waals surface area contributed by atoms with E-state index >= 15 is 0 Å². The predicted octanol–water partition coefficient (Wildman–Crippen LogP) is 0.665. The Morgan fingerprint density at radius 3 is 2.81 bits per heavy atom. The zero-order valence-corrected chi connectivity index (χ0v) is 14.9. The summed E-state index contributed by atoms with van der Waals surface area (Å²) >= 11 is 0. The number of carboxylic acids is 1. The molecule has 1 heterocycles. The molecule has 7 heteroatoms. The molecule has 2 fully saturated rings. The fourth-order valence-electron chi connectivity index (χ4n) is 3.62. The highest BCUT2D eigenvalue weighted by atomic mass is 16.4. The van der Waals surface area contributed by atoms with E-state index in [0.29, 0.717) is 32.5 Å². The first-order valence-electron chi connectivity index (χ1n) is 9.02. The van der Waals surface area contributed by atoms with Crippen molar-refractivity contribution in [3.63, 3.8) is 0 Å². The average Bonchev–Trinajstić information content (AvgIpc) is 2.53. The minimum Gasteiger partial charge on any atom is -0.481 e. The van der Waals surface area contributed by atoms with E-state index in [0.717, 1.165) is 11.1 Å². The van der Waals surface area contributed by atoms with Crippen LogP contribution in [0.3, 0.4) is 0 Å². The van der Waals surface area contributed by atoms with Gasteiger partial charge in [-0.1, -0.05) is 29.8 Å². The number of carbonyl (C=O) groups is 3. The molecule has 1 aromatic carbocycles. The van der Waals surface area contributed by atoms with Crippen molar-refractivity contribution >= 4 is 17.8 Å². The molecule has 1 atom stereocenters. The first-order chi connectivity index (χ1) is 12.4. The van der Waals surface area contributed by atoms with Crippen LogP contribution < -0.4 is 10.6 Å². The molecule has 1 unspecified atom stereocenters. The highest BCUT2D eigenvalue weighted by Crippen LogP contribution is 2.27. The Morgan fingerprint density at radius 2 is 2.12 bits per heavy atom. The van der Waals surface area contributed by atoms with E-state index in [2.05, 4.69) is 16.7 Å². The number of carboxylic acid groups (broad SMARTS) is 1.